The highest BCUT2D eigenvalue weighted by atomic mass is 16.7. The topological polar surface area (TPSA) is 132 Å². The van der Waals surface area contributed by atoms with Crippen LogP contribution in [0.2, 0.25) is 0 Å². The number of methoxy groups -OCH3 is 1. The summed E-state index contributed by atoms with van der Waals surface area (Å²) in [6.45, 7) is 5.28. The Balaban J connectivity index is 2.12. The molecule has 0 spiro atoms. The molecule has 0 radical (unpaired) electrons. The van der Waals surface area contributed by atoms with Crippen LogP contribution in [0.15, 0.2) is 12.3 Å². The van der Waals surface area contributed by atoms with Crippen molar-refractivity contribution in [2.75, 3.05) is 33.7 Å². The molecule has 1 aromatic heterocycles. The van der Waals surface area contributed by atoms with Gasteiger partial charge in [0.05, 0.1) is 26.4 Å². The van der Waals surface area contributed by atoms with Gasteiger partial charge in [-0.15, -0.1) is 0 Å². The van der Waals surface area contributed by atoms with E-state index in [9.17, 15) is 14.4 Å². The third-order valence-corrected chi connectivity index (χ3v) is 4.42. The highest BCUT2D eigenvalue weighted by molar-refractivity contribution is 5.98. The second kappa shape index (κ2) is 12.8. The average Bonchev–Trinajstić information content (AvgIpc) is 2.81. The lowest BCUT2D eigenvalue weighted by Crippen LogP contribution is -2.45. The van der Waals surface area contributed by atoms with Gasteiger partial charge >= 0.3 is 11.9 Å². The average molecular weight is 454 g/mol. The Kier molecular flexibility index (Phi) is 10.2. The fraction of sp³-hybridized carbons (Fsp3) is 0.619. The van der Waals surface area contributed by atoms with E-state index in [-0.39, 0.29) is 36.5 Å². The first-order valence-electron chi connectivity index (χ1n) is 10.4. The van der Waals surface area contributed by atoms with Crippen LogP contribution in [0.3, 0.4) is 0 Å². The minimum absolute atomic E-state index is 0.0347. The number of carbonyl (C=O) groups excluding carboxylic acids is 3. The van der Waals surface area contributed by atoms with Gasteiger partial charge in [0.2, 0.25) is 6.79 Å². The van der Waals surface area contributed by atoms with E-state index in [0.717, 1.165) is 6.42 Å². The maximum Gasteiger partial charge on any atom is 0.331 e. The van der Waals surface area contributed by atoms with Gasteiger partial charge in [0.25, 0.3) is 5.91 Å². The smallest absolute Gasteiger partial charge is 0.331 e. The van der Waals surface area contributed by atoms with E-state index in [2.05, 4.69) is 10.3 Å². The summed E-state index contributed by atoms with van der Waals surface area (Å²) >= 11 is 0. The van der Waals surface area contributed by atoms with E-state index in [1.165, 1.54) is 26.3 Å². The van der Waals surface area contributed by atoms with Crippen molar-refractivity contribution in [1.29, 1.82) is 0 Å². The van der Waals surface area contributed by atoms with Crippen LogP contribution < -0.4 is 14.8 Å². The second-order valence-corrected chi connectivity index (χ2v) is 7.13. The third-order valence-electron chi connectivity index (χ3n) is 4.42. The van der Waals surface area contributed by atoms with Gasteiger partial charge in [0.15, 0.2) is 23.2 Å². The number of ether oxygens (including phenoxy) is 6. The van der Waals surface area contributed by atoms with Gasteiger partial charge in [-0.25, -0.2) is 9.78 Å². The molecule has 1 saturated heterocycles. The molecule has 11 nitrogen and oxygen atoms in total. The normalized spacial score (nSPS) is 21.4. The first-order valence-corrected chi connectivity index (χ1v) is 10.4. The summed E-state index contributed by atoms with van der Waals surface area (Å²) in [5, 5.41) is 2.56. The number of nitrogens with one attached hydrogen (secondary N) is 1. The summed E-state index contributed by atoms with van der Waals surface area (Å²) in [5.74, 6) is -1.73. The SMILES string of the molecule is CCCOC1COC[C@H](NC(=O)c2nccc(OC)c2OCOC(C)=O)C(=O)OC(C)C1. The number of pyridine rings is 1. The van der Waals surface area contributed by atoms with Crippen LogP contribution in [0.4, 0.5) is 0 Å². The largest absolute Gasteiger partial charge is 0.493 e. The molecule has 0 aliphatic carbocycles. The molecule has 11 heteroatoms. The van der Waals surface area contributed by atoms with Crippen molar-refractivity contribution in [2.24, 2.45) is 0 Å². The number of cyclic esters (lactones) is 1. The predicted octanol–water partition coefficient (Wildman–Crippen LogP) is 1.24. The van der Waals surface area contributed by atoms with Crippen LogP contribution in [0.5, 0.6) is 11.5 Å². The fourth-order valence-electron chi connectivity index (χ4n) is 2.94. The maximum absolute atomic E-state index is 12.9. The van der Waals surface area contributed by atoms with Crippen molar-refractivity contribution in [3.63, 3.8) is 0 Å². The Morgan fingerprint density at radius 1 is 1.31 bits per heavy atom. The molecule has 0 saturated carbocycles. The molecule has 3 atom stereocenters. The number of carbonyl (C=O) groups is 3. The standard InChI is InChI=1S/C21H30N2O9/c1-5-8-29-15-9-13(2)32-21(26)16(11-28-10-15)23-20(25)18-19(31-12-30-14(3)24)17(27-4)6-7-22-18/h6-7,13,15-16H,5,8-12H2,1-4H3,(H,23,25)/t13?,15?,16-/m0/s1. The molecule has 1 aromatic rings. The van der Waals surface area contributed by atoms with Crippen molar-refractivity contribution >= 4 is 17.8 Å². The fourth-order valence-corrected chi connectivity index (χ4v) is 2.94. The van der Waals surface area contributed by atoms with E-state index in [0.29, 0.717) is 13.0 Å². The van der Waals surface area contributed by atoms with Gasteiger partial charge < -0.3 is 33.7 Å². The molecule has 1 N–H and O–H groups in total. The van der Waals surface area contributed by atoms with Gasteiger partial charge in [-0.05, 0) is 13.3 Å². The molecule has 2 unspecified atom stereocenters. The van der Waals surface area contributed by atoms with Gasteiger partial charge in [0, 0.05) is 32.2 Å². The molecular weight excluding hydrogens is 424 g/mol. The first kappa shape index (κ1) is 25.3. The Bertz CT molecular complexity index is 787. The molecule has 1 aliphatic rings. The lowest BCUT2D eigenvalue weighted by atomic mass is 10.2. The van der Waals surface area contributed by atoms with Crippen molar-refractivity contribution in [2.45, 2.75) is 51.9 Å². The van der Waals surface area contributed by atoms with E-state index in [1.54, 1.807) is 6.92 Å². The van der Waals surface area contributed by atoms with Crippen LogP contribution in [-0.4, -0.2) is 74.8 Å². The summed E-state index contributed by atoms with van der Waals surface area (Å²) < 4.78 is 32.1. The van der Waals surface area contributed by atoms with Crippen LogP contribution in [0.1, 0.15) is 44.1 Å². The number of amides is 1. The van der Waals surface area contributed by atoms with Gasteiger partial charge in [-0.3, -0.25) is 9.59 Å². The van der Waals surface area contributed by atoms with Gasteiger partial charge in [0.1, 0.15) is 6.10 Å². The molecule has 0 aromatic carbocycles. The Hall–Kier alpha value is -2.92. The van der Waals surface area contributed by atoms with E-state index < -0.39 is 36.8 Å². The summed E-state index contributed by atoms with van der Waals surface area (Å²) in [5.41, 5.74) is -0.152. The molecular formula is C21H30N2O9. The Morgan fingerprint density at radius 3 is 2.78 bits per heavy atom. The molecule has 1 aliphatic heterocycles. The van der Waals surface area contributed by atoms with Crippen molar-refractivity contribution in [3.05, 3.63) is 18.0 Å². The second-order valence-electron chi connectivity index (χ2n) is 7.13. The molecule has 32 heavy (non-hydrogen) atoms. The lowest BCUT2D eigenvalue weighted by Gasteiger charge is -2.20. The highest BCUT2D eigenvalue weighted by Crippen LogP contribution is 2.29. The molecule has 0 bridgehead atoms. The van der Waals surface area contributed by atoms with E-state index >= 15 is 0 Å². The molecule has 2 rings (SSSR count). The molecule has 1 fully saturated rings. The summed E-state index contributed by atoms with van der Waals surface area (Å²) in [6, 6.07) is 0.416. The highest BCUT2D eigenvalue weighted by Gasteiger charge is 2.30. The zero-order valence-corrected chi connectivity index (χ0v) is 18.8. The number of nitrogens with zero attached hydrogens (tertiary/aromatic N) is 1. The number of hydrogen-bond acceptors (Lipinski definition) is 10. The van der Waals surface area contributed by atoms with Crippen molar-refractivity contribution in [3.8, 4) is 11.5 Å². The van der Waals surface area contributed by atoms with E-state index in [1.807, 2.05) is 6.92 Å². The van der Waals surface area contributed by atoms with Crippen molar-refractivity contribution in [1.82, 2.24) is 10.3 Å². The van der Waals surface area contributed by atoms with Crippen LogP contribution in [0.25, 0.3) is 0 Å². The molecule has 178 valence electrons. The Labute approximate surface area is 186 Å². The number of aromatic nitrogens is 1. The van der Waals surface area contributed by atoms with E-state index in [4.69, 9.17) is 28.4 Å². The third kappa shape index (κ3) is 7.65. The minimum Gasteiger partial charge on any atom is -0.493 e. The van der Waals surface area contributed by atoms with Gasteiger partial charge in [-0.1, -0.05) is 6.92 Å². The minimum atomic E-state index is -1.07. The van der Waals surface area contributed by atoms with Gasteiger partial charge in [-0.2, -0.15) is 0 Å². The van der Waals surface area contributed by atoms with Crippen LogP contribution in [0, 0.1) is 0 Å². The predicted molar refractivity (Wildman–Crippen MR) is 110 cm³/mol. The maximum atomic E-state index is 12.9. The number of rotatable bonds is 9. The molecule has 1 amide bonds. The molecule has 2 heterocycles. The Morgan fingerprint density at radius 2 is 2.09 bits per heavy atom. The summed E-state index contributed by atoms with van der Waals surface area (Å²) in [6.07, 6.45) is 2.07. The summed E-state index contributed by atoms with van der Waals surface area (Å²) in [7, 11) is 1.39. The quantitative estimate of drug-likeness (QED) is 0.429. The number of hydrogen-bond donors (Lipinski definition) is 1. The van der Waals surface area contributed by atoms with Crippen LogP contribution in [-0.2, 0) is 28.5 Å². The van der Waals surface area contributed by atoms with Crippen LogP contribution >= 0.6 is 0 Å². The monoisotopic (exact) mass is 454 g/mol. The first-order chi connectivity index (χ1) is 15.3. The summed E-state index contributed by atoms with van der Waals surface area (Å²) in [4.78, 5) is 40.5. The zero-order valence-electron chi connectivity index (χ0n) is 18.8. The van der Waals surface area contributed by atoms with Crippen molar-refractivity contribution < 1.29 is 42.8 Å². The lowest BCUT2D eigenvalue weighted by molar-refractivity contribution is -0.152. The zero-order chi connectivity index (χ0) is 23.5. The number of esters is 2.